The Morgan fingerprint density at radius 2 is 1.94 bits per heavy atom. The molecule has 0 spiro atoms. The molecule has 174 valence electrons. The van der Waals surface area contributed by atoms with E-state index in [1.807, 2.05) is 36.4 Å². The Kier molecular flexibility index (Phi) is 7.23. The maximum atomic E-state index is 11.3. The molecule has 4 rings (SSSR count). The quantitative estimate of drug-likeness (QED) is 0.210. The highest BCUT2D eigenvalue weighted by molar-refractivity contribution is 6.17. The minimum absolute atomic E-state index is 0.0354. The number of aliphatic imine (C=N–C) groups is 1. The lowest BCUT2D eigenvalue weighted by atomic mass is 9.91. The maximum absolute atomic E-state index is 11.3. The normalized spacial score (nSPS) is 15.3. The fourth-order valence-corrected chi connectivity index (χ4v) is 4.43. The molecule has 0 bridgehead atoms. The second-order valence-corrected chi connectivity index (χ2v) is 8.38. The van der Waals surface area contributed by atoms with Gasteiger partial charge in [-0.2, -0.15) is 0 Å². The fraction of sp³-hybridized carbons (Fsp3) is 0.231. The van der Waals surface area contributed by atoms with Crippen molar-refractivity contribution in [3.05, 3.63) is 87.0 Å². The van der Waals surface area contributed by atoms with Gasteiger partial charge in [-0.3, -0.25) is 19.9 Å². The SMILES string of the molecule is COc1cc2c(cc1CCc1cc(CCl)cc([N+](=O)[O-])c1)/N=C\C(NC=O)Cc1ccccc1-2. The summed E-state index contributed by atoms with van der Waals surface area (Å²) in [5.74, 6) is 0.941. The van der Waals surface area contributed by atoms with E-state index in [4.69, 9.17) is 21.3 Å². The van der Waals surface area contributed by atoms with Crippen LogP contribution in [-0.4, -0.2) is 30.7 Å². The van der Waals surface area contributed by atoms with Crippen molar-refractivity contribution in [1.82, 2.24) is 5.32 Å². The van der Waals surface area contributed by atoms with Crippen LogP contribution in [0.2, 0.25) is 0 Å². The topological polar surface area (TPSA) is 93.8 Å². The molecule has 34 heavy (non-hydrogen) atoms. The number of amides is 1. The molecular weight excluding hydrogens is 454 g/mol. The van der Waals surface area contributed by atoms with Gasteiger partial charge in [0.2, 0.25) is 6.41 Å². The van der Waals surface area contributed by atoms with Crippen LogP contribution in [0.25, 0.3) is 11.1 Å². The van der Waals surface area contributed by atoms with Crippen LogP contribution in [-0.2, 0) is 29.9 Å². The van der Waals surface area contributed by atoms with Crippen LogP contribution in [0.15, 0.2) is 59.6 Å². The van der Waals surface area contributed by atoms with Crippen LogP contribution in [0.4, 0.5) is 11.4 Å². The maximum Gasteiger partial charge on any atom is 0.270 e. The third-order valence-corrected chi connectivity index (χ3v) is 6.22. The number of aryl methyl sites for hydroxylation is 2. The molecule has 0 aromatic heterocycles. The van der Waals surface area contributed by atoms with Gasteiger partial charge in [0.15, 0.2) is 0 Å². The number of carbonyl (C=O) groups excluding carboxylic acids is 1. The third kappa shape index (κ3) is 5.10. The molecule has 1 atom stereocenters. The number of hydrogen-bond acceptors (Lipinski definition) is 5. The Labute approximate surface area is 202 Å². The van der Waals surface area contributed by atoms with Crippen molar-refractivity contribution in [3.8, 4) is 16.9 Å². The van der Waals surface area contributed by atoms with Gasteiger partial charge in [0, 0.05) is 29.8 Å². The Balaban J connectivity index is 1.72. The Hall–Kier alpha value is -3.71. The van der Waals surface area contributed by atoms with E-state index in [2.05, 4.69) is 11.4 Å². The summed E-state index contributed by atoms with van der Waals surface area (Å²) in [7, 11) is 1.63. The molecule has 7 nitrogen and oxygen atoms in total. The van der Waals surface area contributed by atoms with Crippen LogP contribution >= 0.6 is 11.6 Å². The summed E-state index contributed by atoms with van der Waals surface area (Å²) in [6, 6.07) is 16.8. The summed E-state index contributed by atoms with van der Waals surface area (Å²) in [6.45, 7) is 0. The minimum Gasteiger partial charge on any atom is -0.496 e. The number of nitrogens with one attached hydrogen (secondary N) is 1. The monoisotopic (exact) mass is 477 g/mol. The molecule has 0 radical (unpaired) electrons. The molecule has 0 saturated carbocycles. The van der Waals surface area contributed by atoms with Gasteiger partial charge in [0.1, 0.15) is 5.75 Å². The molecule has 3 aromatic rings. The van der Waals surface area contributed by atoms with Crippen molar-refractivity contribution in [3.63, 3.8) is 0 Å². The fourth-order valence-electron chi connectivity index (χ4n) is 4.28. The van der Waals surface area contributed by atoms with Gasteiger partial charge in [0.25, 0.3) is 5.69 Å². The van der Waals surface area contributed by atoms with Gasteiger partial charge in [-0.15, -0.1) is 11.6 Å². The number of nitro groups is 1. The first-order valence-corrected chi connectivity index (χ1v) is 11.4. The molecular formula is C26H24ClN3O4. The highest BCUT2D eigenvalue weighted by atomic mass is 35.5. The molecule has 0 saturated heterocycles. The first kappa shape index (κ1) is 23.4. The first-order chi connectivity index (χ1) is 16.5. The van der Waals surface area contributed by atoms with Gasteiger partial charge in [-0.05, 0) is 59.2 Å². The van der Waals surface area contributed by atoms with Gasteiger partial charge in [-0.1, -0.05) is 30.3 Å². The average molecular weight is 478 g/mol. The molecule has 1 amide bonds. The standard InChI is InChI=1S/C26H24ClN3O4/c1-34-26-13-24-23-5-3-2-4-19(23)11-21(29-16-31)15-28-25(24)12-20(26)7-6-17-8-18(14-27)10-22(9-17)30(32)33/h2-5,8-10,12-13,15-16,21H,6-7,11,14H2,1H3,(H,29,31)/b28-15-. The number of rotatable bonds is 8. The number of nitrogens with zero attached hydrogens (tertiary/aromatic N) is 2. The number of halogens is 1. The third-order valence-electron chi connectivity index (χ3n) is 5.91. The molecule has 1 N–H and O–H groups in total. The van der Waals surface area contributed by atoms with Crippen LogP contribution in [0.3, 0.4) is 0 Å². The van der Waals surface area contributed by atoms with Crippen molar-refractivity contribution in [2.24, 2.45) is 4.99 Å². The van der Waals surface area contributed by atoms with E-state index in [1.165, 1.54) is 6.07 Å². The van der Waals surface area contributed by atoms with Crippen LogP contribution in [0.5, 0.6) is 5.75 Å². The Bertz CT molecular complexity index is 1260. The number of methoxy groups -OCH3 is 1. The number of nitro benzene ring substituents is 1. The molecule has 3 aromatic carbocycles. The van der Waals surface area contributed by atoms with Gasteiger partial charge in [0.05, 0.1) is 23.8 Å². The van der Waals surface area contributed by atoms with Crippen LogP contribution in [0, 0.1) is 10.1 Å². The Morgan fingerprint density at radius 3 is 2.68 bits per heavy atom. The largest absolute Gasteiger partial charge is 0.496 e. The smallest absolute Gasteiger partial charge is 0.270 e. The predicted octanol–water partition coefficient (Wildman–Crippen LogP) is 5.17. The zero-order valence-corrected chi connectivity index (χ0v) is 19.4. The Morgan fingerprint density at radius 1 is 1.15 bits per heavy atom. The highest BCUT2D eigenvalue weighted by Crippen LogP contribution is 2.39. The summed E-state index contributed by atoms with van der Waals surface area (Å²) in [5.41, 5.74) is 6.41. The predicted molar refractivity (Wildman–Crippen MR) is 133 cm³/mol. The number of benzene rings is 3. The van der Waals surface area contributed by atoms with Gasteiger partial charge in [-0.25, -0.2) is 0 Å². The number of ether oxygens (including phenoxy) is 1. The van der Waals surface area contributed by atoms with E-state index < -0.39 is 4.92 Å². The molecule has 8 heteroatoms. The number of hydrogen-bond donors (Lipinski definition) is 1. The summed E-state index contributed by atoms with van der Waals surface area (Å²) in [4.78, 5) is 26.6. The highest BCUT2D eigenvalue weighted by Gasteiger charge is 2.19. The average Bonchev–Trinajstić information content (AvgIpc) is 2.85. The van der Waals surface area contributed by atoms with Gasteiger partial charge >= 0.3 is 0 Å². The summed E-state index contributed by atoms with van der Waals surface area (Å²) < 4.78 is 5.71. The second kappa shape index (κ2) is 10.5. The number of alkyl halides is 1. The van der Waals surface area contributed by atoms with Crippen LogP contribution in [0.1, 0.15) is 22.3 Å². The molecule has 1 heterocycles. The zero-order valence-electron chi connectivity index (χ0n) is 18.7. The van der Waals surface area contributed by atoms with Crippen molar-refractivity contribution in [2.75, 3.05) is 7.11 Å². The van der Waals surface area contributed by atoms with Crippen molar-refractivity contribution < 1.29 is 14.5 Å². The van der Waals surface area contributed by atoms with Crippen molar-refractivity contribution in [1.29, 1.82) is 0 Å². The number of non-ortho nitro benzene ring substituents is 1. The molecule has 1 aliphatic rings. The van der Waals surface area contributed by atoms with E-state index in [1.54, 1.807) is 19.4 Å². The lowest BCUT2D eigenvalue weighted by molar-refractivity contribution is -0.385. The van der Waals surface area contributed by atoms with Crippen molar-refractivity contribution in [2.45, 2.75) is 31.2 Å². The van der Waals surface area contributed by atoms with E-state index in [0.717, 1.165) is 39.3 Å². The van der Waals surface area contributed by atoms with E-state index in [9.17, 15) is 14.9 Å². The zero-order chi connectivity index (χ0) is 24.1. The molecule has 1 unspecified atom stereocenters. The lowest BCUT2D eigenvalue weighted by Gasteiger charge is -2.21. The number of carbonyl (C=O) groups is 1. The minimum atomic E-state index is -0.401. The summed E-state index contributed by atoms with van der Waals surface area (Å²) in [6.07, 6.45) is 4.27. The van der Waals surface area contributed by atoms with E-state index in [0.29, 0.717) is 31.2 Å². The molecule has 0 fully saturated rings. The van der Waals surface area contributed by atoms with Crippen LogP contribution < -0.4 is 10.1 Å². The van der Waals surface area contributed by atoms with Gasteiger partial charge < -0.3 is 10.1 Å². The molecule has 0 aliphatic carbocycles. The van der Waals surface area contributed by atoms with E-state index >= 15 is 0 Å². The number of fused-ring (bicyclic) bond motifs is 3. The lowest BCUT2D eigenvalue weighted by Crippen LogP contribution is -2.31. The van der Waals surface area contributed by atoms with Crippen molar-refractivity contribution >= 4 is 35.6 Å². The summed E-state index contributed by atoms with van der Waals surface area (Å²) >= 11 is 5.94. The molecule has 1 aliphatic heterocycles. The summed E-state index contributed by atoms with van der Waals surface area (Å²) in [5, 5.41) is 14.1. The first-order valence-electron chi connectivity index (χ1n) is 10.9. The van der Waals surface area contributed by atoms with E-state index in [-0.39, 0.29) is 17.6 Å². The second-order valence-electron chi connectivity index (χ2n) is 8.11.